The van der Waals surface area contributed by atoms with Gasteiger partial charge in [0.25, 0.3) is 0 Å². The van der Waals surface area contributed by atoms with E-state index in [9.17, 15) is 14.4 Å². The van der Waals surface area contributed by atoms with E-state index < -0.39 is 18.0 Å². The fourth-order valence-electron chi connectivity index (χ4n) is 2.07. The summed E-state index contributed by atoms with van der Waals surface area (Å²) in [5.74, 6) is -1.56. The first-order valence-corrected chi connectivity index (χ1v) is 7.10. The molecule has 0 aromatic rings. The van der Waals surface area contributed by atoms with Gasteiger partial charge in [0, 0.05) is 18.5 Å². The lowest BCUT2D eigenvalue weighted by Gasteiger charge is -2.31. The molecule has 1 aliphatic heterocycles. The summed E-state index contributed by atoms with van der Waals surface area (Å²) in [6.45, 7) is 6.14. The molecule has 0 spiro atoms. The minimum atomic E-state index is -0.955. The van der Waals surface area contributed by atoms with Crippen molar-refractivity contribution in [3.8, 4) is 0 Å². The Morgan fingerprint density at radius 2 is 2.10 bits per heavy atom. The molecule has 0 radical (unpaired) electrons. The van der Waals surface area contributed by atoms with E-state index >= 15 is 0 Å². The smallest absolute Gasteiger partial charge is 0.333 e. The lowest BCUT2D eigenvalue weighted by atomic mass is 10.1. The quantitative estimate of drug-likeness (QED) is 0.534. The summed E-state index contributed by atoms with van der Waals surface area (Å²) in [6.07, 6.45) is 2.27. The third-order valence-electron chi connectivity index (χ3n) is 3.22. The Balaban J connectivity index is 2.32. The summed E-state index contributed by atoms with van der Waals surface area (Å²) in [7, 11) is 0. The average Bonchev–Trinajstić information content (AvgIpc) is 2.47. The monoisotopic (exact) mass is 298 g/mol. The van der Waals surface area contributed by atoms with Gasteiger partial charge in [-0.15, -0.1) is 0 Å². The molecule has 2 N–H and O–H groups in total. The number of rotatable bonds is 7. The fraction of sp³-hybridized carbons (Fsp3) is 0.643. The van der Waals surface area contributed by atoms with Crippen molar-refractivity contribution in [1.29, 1.82) is 0 Å². The van der Waals surface area contributed by atoms with Gasteiger partial charge < -0.3 is 9.84 Å². The maximum atomic E-state index is 12.0. The highest BCUT2D eigenvalue weighted by Crippen LogP contribution is 2.12. The summed E-state index contributed by atoms with van der Waals surface area (Å²) in [4.78, 5) is 34.2. The van der Waals surface area contributed by atoms with E-state index in [1.807, 2.05) is 0 Å². The SMILES string of the molecule is C=C(CCCC(=O)N1CCCC(C(=O)O)N1)C(=O)OCC. The van der Waals surface area contributed by atoms with Crippen LogP contribution in [0.3, 0.4) is 0 Å². The number of ether oxygens (including phenoxy) is 1. The summed E-state index contributed by atoms with van der Waals surface area (Å²) in [5.41, 5.74) is 3.05. The van der Waals surface area contributed by atoms with Gasteiger partial charge in [0.15, 0.2) is 0 Å². The molecule has 1 atom stereocenters. The predicted molar refractivity (Wildman–Crippen MR) is 75.1 cm³/mol. The first-order valence-electron chi connectivity index (χ1n) is 7.10. The van der Waals surface area contributed by atoms with Gasteiger partial charge in [0.2, 0.25) is 5.91 Å². The Labute approximate surface area is 123 Å². The van der Waals surface area contributed by atoms with Crippen molar-refractivity contribution in [3.63, 3.8) is 0 Å². The zero-order chi connectivity index (χ0) is 15.8. The molecule has 0 saturated carbocycles. The second-order valence-corrected chi connectivity index (χ2v) is 4.89. The van der Waals surface area contributed by atoms with Crippen molar-refractivity contribution in [3.05, 3.63) is 12.2 Å². The van der Waals surface area contributed by atoms with Crippen LogP contribution in [0.1, 0.15) is 39.0 Å². The number of carbonyl (C=O) groups excluding carboxylic acids is 2. The molecular weight excluding hydrogens is 276 g/mol. The van der Waals surface area contributed by atoms with Gasteiger partial charge in [-0.05, 0) is 32.6 Å². The first kappa shape index (κ1) is 17.2. The van der Waals surface area contributed by atoms with E-state index in [2.05, 4.69) is 12.0 Å². The molecule has 118 valence electrons. The fourth-order valence-corrected chi connectivity index (χ4v) is 2.07. The molecule has 0 aromatic carbocycles. The molecule has 1 unspecified atom stereocenters. The van der Waals surface area contributed by atoms with E-state index in [4.69, 9.17) is 9.84 Å². The lowest BCUT2D eigenvalue weighted by molar-refractivity contribution is -0.147. The predicted octanol–water partition coefficient (Wildman–Crippen LogP) is 0.856. The number of amides is 1. The van der Waals surface area contributed by atoms with E-state index in [1.165, 1.54) is 5.01 Å². The van der Waals surface area contributed by atoms with Crippen molar-refractivity contribution < 1.29 is 24.2 Å². The highest BCUT2D eigenvalue weighted by molar-refractivity contribution is 5.87. The molecule has 1 rings (SSSR count). The Bertz CT molecular complexity index is 422. The Morgan fingerprint density at radius 1 is 1.38 bits per heavy atom. The molecule has 1 heterocycles. The second kappa shape index (κ2) is 8.41. The van der Waals surface area contributed by atoms with E-state index in [1.54, 1.807) is 6.92 Å². The minimum absolute atomic E-state index is 0.169. The number of nitrogens with zero attached hydrogens (tertiary/aromatic N) is 1. The Kier molecular flexibility index (Phi) is 6.87. The summed E-state index contributed by atoms with van der Waals surface area (Å²) in [5, 5.41) is 10.3. The first-order chi connectivity index (χ1) is 9.95. The molecular formula is C14H22N2O5. The topological polar surface area (TPSA) is 95.9 Å². The molecule has 1 saturated heterocycles. The van der Waals surface area contributed by atoms with Crippen LogP contribution < -0.4 is 5.43 Å². The van der Waals surface area contributed by atoms with E-state index in [-0.39, 0.29) is 12.3 Å². The zero-order valence-electron chi connectivity index (χ0n) is 12.3. The number of hydrazine groups is 1. The van der Waals surface area contributed by atoms with E-state index in [0.29, 0.717) is 44.4 Å². The summed E-state index contributed by atoms with van der Waals surface area (Å²) in [6, 6.07) is -0.711. The summed E-state index contributed by atoms with van der Waals surface area (Å²) < 4.78 is 4.81. The van der Waals surface area contributed by atoms with Crippen LogP contribution >= 0.6 is 0 Å². The van der Waals surface area contributed by atoms with Crippen LogP contribution in [-0.4, -0.2) is 47.2 Å². The van der Waals surface area contributed by atoms with Crippen LogP contribution in [0.5, 0.6) is 0 Å². The van der Waals surface area contributed by atoms with Gasteiger partial charge in [0.05, 0.1) is 6.61 Å². The largest absolute Gasteiger partial charge is 0.480 e. The number of hydrogen-bond acceptors (Lipinski definition) is 5. The molecule has 7 heteroatoms. The number of aliphatic carboxylic acids is 1. The van der Waals surface area contributed by atoms with Crippen LogP contribution in [0.4, 0.5) is 0 Å². The van der Waals surface area contributed by atoms with Crippen LogP contribution in [-0.2, 0) is 19.1 Å². The molecule has 1 amide bonds. The van der Waals surface area contributed by atoms with Gasteiger partial charge >= 0.3 is 11.9 Å². The van der Waals surface area contributed by atoms with Crippen molar-refractivity contribution in [2.75, 3.05) is 13.2 Å². The zero-order valence-corrected chi connectivity index (χ0v) is 12.3. The van der Waals surface area contributed by atoms with Gasteiger partial charge in [-0.2, -0.15) is 0 Å². The van der Waals surface area contributed by atoms with Crippen LogP contribution in [0, 0.1) is 0 Å². The number of carboxylic acids is 1. The number of hydrogen-bond donors (Lipinski definition) is 2. The molecule has 1 fully saturated rings. The highest BCUT2D eigenvalue weighted by Gasteiger charge is 2.27. The van der Waals surface area contributed by atoms with Gasteiger partial charge in [-0.3, -0.25) is 14.6 Å². The maximum absolute atomic E-state index is 12.0. The van der Waals surface area contributed by atoms with Crippen molar-refractivity contribution >= 4 is 17.8 Å². The number of carboxylic acid groups (broad SMARTS) is 1. The third-order valence-corrected chi connectivity index (χ3v) is 3.22. The van der Waals surface area contributed by atoms with Gasteiger partial charge in [-0.25, -0.2) is 10.2 Å². The van der Waals surface area contributed by atoms with Crippen molar-refractivity contribution in [2.24, 2.45) is 0 Å². The number of carbonyl (C=O) groups is 3. The molecule has 0 aromatic heterocycles. The molecule has 1 aliphatic rings. The summed E-state index contributed by atoms with van der Waals surface area (Å²) >= 11 is 0. The Hall–Kier alpha value is -1.89. The lowest BCUT2D eigenvalue weighted by Crippen LogP contribution is -2.54. The van der Waals surface area contributed by atoms with Crippen LogP contribution in [0.15, 0.2) is 12.2 Å². The van der Waals surface area contributed by atoms with Crippen LogP contribution in [0.25, 0.3) is 0 Å². The van der Waals surface area contributed by atoms with Crippen molar-refractivity contribution in [2.45, 2.75) is 45.1 Å². The molecule has 0 aliphatic carbocycles. The molecule has 0 bridgehead atoms. The normalized spacial score (nSPS) is 18.1. The average molecular weight is 298 g/mol. The number of nitrogens with one attached hydrogen (secondary N) is 1. The maximum Gasteiger partial charge on any atom is 0.333 e. The molecule has 7 nitrogen and oxygen atoms in total. The van der Waals surface area contributed by atoms with E-state index in [0.717, 1.165) is 0 Å². The van der Waals surface area contributed by atoms with Gasteiger partial charge in [0.1, 0.15) is 6.04 Å². The third kappa shape index (κ3) is 5.55. The number of esters is 1. The van der Waals surface area contributed by atoms with Gasteiger partial charge in [-0.1, -0.05) is 6.58 Å². The van der Waals surface area contributed by atoms with Crippen LogP contribution in [0.2, 0.25) is 0 Å². The highest BCUT2D eigenvalue weighted by atomic mass is 16.5. The standard InChI is InChI=1S/C14H22N2O5/c1-3-21-14(20)10(2)6-4-8-12(17)16-9-5-7-11(15-16)13(18)19/h11,15H,2-9H2,1H3,(H,18,19). The second-order valence-electron chi connectivity index (χ2n) is 4.89. The Morgan fingerprint density at radius 3 is 2.71 bits per heavy atom. The van der Waals surface area contributed by atoms with Crippen molar-refractivity contribution in [1.82, 2.24) is 10.4 Å². The molecule has 21 heavy (non-hydrogen) atoms. The minimum Gasteiger partial charge on any atom is -0.480 e.